The summed E-state index contributed by atoms with van der Waals surface area (Å²) >= 11 is 0. The van der Waals surface area contributed by atoms with Crippen molar-refractivity contribution in [2.24, 2.45) is 0 Å². The van der Waals surface area contributed by atoms with Gasteiger partial charge in [-0.15, -0.1) is 0 Å². The Hall–Kier alpha value is -2.60. The van der Waals surface area contributed by atoms with Crippen molar-refractivity contribution in [3.63, 3.8) is 0 Å². The summed E-state index contributed by atoms with van der Waals surface area (Å²) in [7, 11) is 0. The molecular formula is C18H17NO2. The molecule has 0 amide bonds. The molecule has 0 saturated carbocycles. The summed E-state index contributed by atoms with van der Waals surface area (Å²) < 4.78 is 5.32. The zero-order valence-corrected chi connectivity index (χ0v) is 12.4. The maximum Gasteiger partial charge on any atom is 0.343 e. The van der Waals surface area contributed by atoms with Gasteiger partial charge in [0.05, 0.1) is 17.2 Å². The van der Waals surface area contributed by atoms with Crippen molar-refractivity contribution in [1.29, 1.82) is 5.26 Å². The number of benzene rings is 2. The highest BCUT2D eigenvalue weighted by atomic mass is 16.5. The largest absolute Gasteiger partial charge is 0.423 e. The first-order chi connectivity index (χ1) is 9.90. The van der Waals surface area contributed by atoms with Crippen LogP contribution in [0, 0.1) is 11.3 Å². The normalized spacial score (nSPS) is 10.8. The lowest BCUT2D eigenvalue weighted by Crippen LogP contribution is -2.11. The molecular weight excluding hydrogens is 262 g/mol. The molecule has 2 aromatic rings. The van der Waals surface area contributed by atoms with Crippen molar-refractivity contribution < 1.29 is 9.53 Å². The molecule has 3 heteroatoms. The van der Waals surface area contributed by atoms with Crippen LogP contribution >= 0.6 is 0 Å². The predicted molar refractivity (Wildman–Crippen MR) is 81.3 cm³/mol. The highest BCUT2D eigenvalue weighted by Gasteiger charge is 2.14. The van der Waals surface area contributed by atoms with E-state index in [-0.39, 0.29) is 5.41 Å². The van der Waals surface area contributed by atoms with Gasteiger partial charge in [-0.2, -0.15) is 5.26 Å². The first-order valence-electron chi connectivity index (χ1n) is 6.73. The second-order valence-electron chi connectivity index (χ2n) is 5.86. The van der Waals surface area contributed by atoms with Crippen LogP contribution in [0.4, 0.5) is 0 Å². The zero-order chi connectivity index (χ0) is 15.5. The Bertz CT molecular complexity index is 688. The number of hydrogen-bond donors (Lipinski definition) is 0. The topological polar surface area (TPSA) is 50.1 Å². The Morgan fingerprint density at radius 3 is 2.33 bits per heavy atom. The molecule has 0 aliphatic carbocycles. The number of nitrogens with zero attached hydrogens (tertiary/aromatic N) is 1. The molecule has 2 rings (SSSR count). The van der Waals surface area contributed by atoms with Crippen molar-refractivity contribution in [2.45, 2.75) is 26.2 Å². The van der Waals surface area contributed by atoms with Gasteiger partial charge in [0.15, 0.2) is 0 Å². The van der Waals surface area contributed by atoms with Gasteiger partial charge in [-0.3, -0.25) is 0 Å². The third-order valence-corrected chi connectivity index (χ3v) is 3.16. The second kappa shape index (κ2) is 5.80. The number of ether oxygens (including phenoxy) is 1. The Kier molecular flexibility index (Phi) is 4.09. The van der Waals surface area contributed by atoms with E-state index >= 15 is 0 Å². The van der Waals surface area contributed by atoms with Gasteiger partial charge in [0.25, 0.3) is 0 Å². The number of rotatable bonds is 2. The minimum atomic E-state index is -0.462. The molecule has 0 atom stereocenters. The predicted octanol–water partition coefficient (Wildman–Crippen LogP) is 4.07. The molecule has 0 aliphatic heterocycles. The van der Waals surface area contributed by atoms with Gasteiger partial charge >= 0.3 is 5.97 Å². The molecule has 0 spiro atoms. The average Bonchev–Trinajstić information content (AvgIpc) is 2.47. The number of hydrogen-bond acceptors (Lipinski definition) is 3. The van der Waals surface area contributed by atoms with Crippen LogP contribution < -0.4 is 4.74 Å². The van der Waals surface area contributed by atoms with E-state index in [4.69, 9.17) is 10.00 Å². The van der Waals surface area contributed by atoms with Crippen LogP contribution in [0.3, 0.4) is 0 Å². The summed E-state index contributed by atoms with van der Waals surface area (Å²) in [6.07, 6.45) is 0. The van der Waals surface area contributed by atoms with Crippen LogP contribution in [-0.4, -0.2) is 5.97 Å². The number of esters is 1. The van der Waals surface area contributed by atoms with Crippen LogP contribution in [0.1, 0.15) is 42.3 Å². The number of carbonyl (C=O) groups excluding carboxylic acids is 1. The van der Waals surface area contributed by atoms with Crippen molar-refractivity contribution in [3.05, 3.63) is 65.2 Å². The van der Waals surface area contributed by atoms with Gasteiger partial charge in [-0.1, -0.05) is 39.0 Å². The fourth-order valence-electron chi connectivity index (χ4n) is 1.90. The number of nitriles is 1. The van der Waals surface area contributed by atoms with E-state index in [1.54, 1.807) is 30.3 Å². The third kappa shape index (κ3) is 3.70. The number of carbonyl (C=O) groups is 1. The molecule has 106 valence electrons. The average molecular weight is 279 g/mol. The monoisotopic (exact) mass is 279 g/mol. The van der Waals surface area contributed by atoms with Crippen LogP contribution in [0.2, 0.25) is 0 Å². The second-order valence-corrected chi connectivity index (χ2v) is 5.86. The van der Waals surface area contributed by atoms with E-state index in [9.17, 15) is 4.79 Å². The van der Waals surface area contributed by atoms with Crippen LogP contribution in [-0.2, 0) is 5.41 Å². The van der Waals surface area contributed by atoms with Gasteiger partial charge in [0.1, 0.15) is 5.75 Å². The molecule has 3 nitrogen and oxygen atoms in total. The van der Waals surface area contributed by atoms with Gasteiger partial charge in [0, 0.05) is 0 Å². The zero-order valence-electron chi connectivity index (χ0n) is 12.4. The molecule has 0 radical (unpaired) electrons. The molecule has 0 unspecified atom stereocenters. The molecule has 0 saturated heterocycles. The quantitative estimate of drug-likeness (QED) is 0.615. The summed E-state index contributed by atoms with van der Waals surface area (Å²) in [5, 5.41) is 8.84. The molecule has 0 bridgehead atoms. The maximum absolute atomic E-state index is 12.0. The Morgan fingerprint density at radius 2 is 1.76 bits per heavy atom. The summed E-state index contributed by atoms with van der Waals surface area (Å²) in [6, 6.07) is 15.9. The van der Waals surface area contributed by atoms with Gasteiger partial charge in [-0.05, 0) is 41.3 Å². The molecule has 0 heterocycles. The van der Waals surface area contributed by atoms with E-state index in [0.717, 1.165) is 0 Å². The first kappa shape index (κ1) is 14.8. The van der Waals surface area contributed by atoms with Crippen LogP contribution in [0.15, 0.2) is 48.5 Å². The standard InChI is InChI=1S/C18H17NO2/c1-18(2,3)15-7-9-16(10-8-15)21-17(20)14-6-4-5-13(11-14)12-19/h4-11H,1-3H3. The summed E-state index contributed by atoms with van der Waals surface area (Å²) in [6.45, 7) is 6.38. The van der Waals surface area contributed by atoms with Crippen molar-refractivity contribution in [2.75, 3.05) is 0 Å². The first-order valence-corrected chi connectivity index (χ1v) is 6.73. The van der Waals surface area contributed by atoms with Crippen LogP contribution in [0.5, 0.6) is 5.75 Å². The highest BCUT2D eigenvalue weighted by molar-refractivity contribution is 5.91. The van der Waals surface area contributed by atoms with Crippen molar-refractivity contribution in [3.8, 4) is 11.8 Å². The van der Waals surface area contributed by atoms with E-state index < -0.39 is 5.97 Å². The van der Waals surface area contributed by atoms with Crippen molar-refractivity contribution >= 4 is 5.97 Å². The van der Waals surface area contributed by atoms with Crippen LogP contribution in [0.25, 0.3) is 0 Å². The lowest BCUT2D eigenvalue weighted by Gasteiger charge is -2.19. The van der Waals surface area contributed by atoms with Gasteiger partial charge < -0.3 is 4.74 Å². The molecule has 0 N–H and O–H groups in total. The van der Waals surface area contributed by atoms with Gasteiger partial charge in [-0.25, -0.2) is 4.79 Å². The molecule has 0 aromatic heterocycles. The Labute approximate surface area is 124 Å². The highest BCUT2D eigenvalue weighted by Crippen LogP contribution is 2.24. The summed E-state index contributed by atoms with van der Waals surface area (Å²) in [5.41, 5.74) is 2.04. The Balaban J connectivity index is 2.14. The van der Waals surface area contributed by atoms with E-state index in [0.29, 0.717) is 16.9 Å². The van der Waals surface area contributed by atoms with E-state index in [1.807, 2.05) is 18.2 Å². The van der Waals surface area contributed by atoms with E-state index in [1.165, 1.54) is 11.6 Å². The molecule has 0 aliphatic rings. The van der Waals surface area contributed by atoms with Crippen molar-refractivity contribution in [1.82, 2.24) is 0 Å². The third-order valence-electron chi connectivity index (χ3n) is 3.16. The van der Waals surface area contributed by atoms with E-state index in [2.05, 4.69) is 20.8 Å². The fourth-order valence-corrected chi connectivity index (χ4v) is 1.90. The Morgan fingerprint density at radius 1 is 1.10 bits per heavy atom. The minimum Gasteiger partial charge on any atom is -0.423 e. The molecule has 21 heavy (non-hydrogen) atoms. The summed E-state index contributed by atoms with van der Waals surface area (Å²) in [5.74, 6) is 0.0333. The summed E-state index contributed by atoms with van der Waals surface area (Å²) in [4.78, 5) is 12.0. The smallest absolute Gasteiger partial charge is 0.343 e. The fraction of sp³-hybridized carbons (Fsp3) is 0.222. The lowest BCUT2D eigenvalue weighted by atomic mass is 9.87. The SMILES string of the molecule is CC(C)(C)c1ccc(OC(=O)c2cccc(C#N)c2)cc1. The minimum absolute atomic E-state index is 0.0592. The lowest BCUT2D eigenvalue weighted by molar-refractivity contribution is 0.0734. The molecule has 2 aromatic carbocycles. The maximum atomic E-state index is 12.0. The molecule has 0 fully saturated rings. The van der Waals surface area contributed by atoms with Gasteiger partial charge in [0.2, 0.25) is 0 Å².